The van der Waals surface area contributed by atoms with E-state index in [1.807, 2.05) is 0 Å². The largest absolute Gasteiger partial charge is 0.242 e. The molecule has 0 amide bonds. The van der Waals surface area contributed by atoms with Crippen LogP contribution in [0.2, 0.25) is 0 Å². The topological polar surface area (TPSA) is 0 Å². The fraction of sp³-hybridized carbons (Fsp3) is 0.138. The Labute approximate surface area is 350 Å². The smallest absolute Gasteiger partial charge is 0.0642 e. The zero-order valence-corrected chi connectivity index (χ0v) is 35.1. The summed E-state index contributed by atoms with van der Waals surface area (Å²) in [4.78, 5) is 0. The van der Waals surface area contributed by atoms with Crippen LogP contribution in [0.3, 0.4) is 0 Å². The Morgan fingerprint density at radius 1 is 0.356 bits per heavy atom. The van der Waals surface area contributed by atoms with Crippen LogP contribution in [0.1, 0.15) is 44.5 Å². The third-order valence-electron chi connectivity index (χ3n) is 13.1. The van der Waals surface area contributed by atoms with Gasteiger partial charge in [-0.1, -0.05) is 214 Å². The Balaban J connectivity index is 1.28. The SMILES string of the molecule is Cc1cc(C)c(B(c2cc(-c3ccc(-c4ccccc4)cc3)c3ccc4ccc(-c5ccc(-c6ccccc6)cc5)c5c4c3c2CC5)c2c(C)cc(C)cc2C)c(C)c1. The van der Waals surface area contributed by atoms with E-state index >= 15 is 0 Å². The summed E-state index contributed by atoms with van der Waals surface area (Å²) >= 11 is 0. The molecule has 0 aromatic heterocycles. The number of hydrogen-bond acceptors (Lipinski definition) is 0. The maximum atomic E-state index is 2.60. The van der Waals surface area contributed by atoms with E-state index in [-0.39, 0.29) is 6.71 Å². The van der Waals surface area contributed by atoms with Crippen LogP contribution < -0.4 is 16.4 Å². The van der Waals surface area contributed by atoms with Crippen molar-refractivity contribution in [1.82, 2.24) is 0 Å². The minimum absolute atomic E-state index is 0.0865. The van der Waals surface area contributed by atoms with Gasteiger partial charge in [-0.25, -0.2) is 0 Å². The van der Waals surface area contributed by atoms with E-state index < -0.39 is 0 Å². The van der Waals surface area contributed by atoms with Crippen molar-refractivity contribution >= 4 is 44.6 Å². The summed E-state index contributed by atoms with van der Waals surface area (Å²) in [5.41, 5.74) is 25.6. The van der Waals surface area contributed by atoms with Crippen molar-refractivity contribution < 1.29 is 0 Å². The minimum Gasteiger partial charge on any atom is -0.0642 e. The molecule has 9 aromatic rings. The molecule has 0 saturated heterocycles. The number of rotatable bonds is 7. The molecule has 9 aromatic carbocycles. The minimum atomic E-state index is 0.0865. The maximum absolute atomic E-state index is 2.60. The molecule has 0 spiro atoms. The summed E-state index contributed by atoms with van der Waals surface area (Å²) in [6.07, 6.45) is 2.00. The van der Waals surface area contributed by atoms with Gasteiger partial charge in [-0.05, 0) is 132 Å². The fourth-order valence-electron chi connectivity index (χ4n) is 10.7. The summed E-state index contributed by atoms with van der Waals surface area (Å²) in [5.74, 6) is 0. The zero-order valence-electron chi connectivity index (χ0n) is 35.1. The van der Waals surface area contributed by atoms with Crippen molar-refractivity contribution in [3.05, 3.63) is 208 Å². The van der Waals surface area contributed by atoms with Crippen LogP contribution in [0.15, 0.2) is 164 Å². The lowest BCUT2D eigenvalue weighted by Crippen LogP contribution is -2.57. The summed E-state index contributed by atoms with van der Waals surface area (Å²) in [6.45, 7) is 13.9. The molecule has 0 atom stereocenters. The van der Waals surface area contributed by atoms with Crippen molar-refractivity contribution in [2.75, 3.05) is 0 Å². The Morgan fingerprint density at radius 2 is 0.780 bits per heavy atom. The molecule has 0 fully saturated rings. The number of hydrogen-bond donors (Lipinski definition) is 0. The molecular formula is C58H49B. The normalized spacial score (nSPS) is 12.1. The summed E-state index contributed by atoms with van der Waals surface area (Å²) in [5, 5.41) is 5.52. The summed E-state index contributed by atoms with van der Waals surface area (Å²) < 4.78 is 0. The average molecular weight is 757 g/mol. The Hall–Kier alpha value is -6.44. The molecule has 0 unspecified atom stereocenters. The summed E-state index contributed by atoms with van der Waals surface area (Å²) in [7, 11) is 0. The fourth-order valence-corrected chi connectivity index (χ4v) is 10.7. The highest BCUT2D eigenvalue weighted by molar-refractivity contribution is 6.97. The van der Waals surface area contributed by atoms with Gasteiger partial charge in [-0.2, -0.15) is 0 Å². The van der Waals surface area contributed by atoms with E-state index in [2.05, 4.69) is 205 Å². The van der Waals surface area contributed by atoms with Crippen LogP contribution in [0.4, 0.5) is 0 Å². The van der Waals surface area contributed by atoms with E-state index in [9.17, 15) is 0 Å². The highest BCUT2D eigenvalue weighted by Crippen LogP contribution is 2.43. The highest BCUT2D eigenvalue weighted by Gasteiger charge is 2.33. The number of benzene rings is 9. The first kappa shape index (κ1) is 36.9. The van der Waals surface area contributed by atoms with Crippen LogP contribution in [0, 0.1) is 41.5 Å². The highest BCUT2D eigenvalue weighted by atomic mass is 14.3. The molecule has 0 aliphatic heterocycles. The third-order valence-corrected chi connectivity index (χ3v) is 13.1. The summed E-state index contributed by atoms with van der Waals surface area (Å²) in [6, 6.07) is 61.7. The van der Waals surface area contributed by atoms with Gasteiger partial charge in [0.2, 0.25) is 6.71 Å². The molecule has 1 aliphatic carbocycles. The predicted molar refractivity (Wildman–Crippen MR) is 257 cm³/mol. The Kier molecular flexibility index (Phi) is 9.21. The second-order valence-corrected chi connectivity index (χ2v) is 17.1. The molecule has 1 aliphatic rings. The van der Waals surface area contributed by atoms with E-state index in [4.69, 9.17) is 0 Å². The molecule has 10 rings (SSSR count). The van der Waals surface area contributed by atoms with Crippen LogP contribution >= 0.6 is 0 Å². The van der Waals surface area contributed by atoms with Gasteiger partial charge < -0.3 is 0 Å². The van der Waals surface area contributed by atoms with Gasteiger partial charge in [0, 0.05) is 0 Å². The second kappa shape index (κ2) is 14.7. The van der Waals surface area contributed by atoms with Crippen LogP contribution in [0.5, 0.6) is 0 Å². The molecule has 0 bridgehead atoms. The molecule has 59 heavy (non-hydrogen) atoms. The van der Waals surface area contributed by atoms with Gasteiger partial charge in [0.1, 0.15) is 0 Å². The van der Waals surface area contributed by atoms with E-state index in [0.717, 1.165) is 12.8 Å². The first-order valence-electron chi connectivity index (χ1n) is 21.2. The van der Waals surface area contributed by atoms with Crippen molar-refractivity contribution in [3.8, 4) is 44.5 Å². The van der Waals surface area contributed by atoms with E-state index in [1.165, 1.54) is 127 Å². The Morgan fingerprint density at radius 3 is 1.29 bits per heavy atom. The Bertz CT molecular complexity index is 2960. The molecule has 1 heteroatoms. The zero-order chi connectivity index (χ0) is 40.4. The average Bonchev–Trinajstić information content (AvgIpc) is 3.25. The second-order valence-electron chi connectivity index (χ2n) is 17.1. The van der Waals surface area contributed by atoms with Crippen LogP contribution in [-0.4, -0.2) is 6.71 Å². The van der Waals surface area contributed by atoms with Gasteiger partial charge in [-0.15, -0.1) is 0 Å². The van der Waals surface area contributed by atoms with Crippen molar-refractivity contribution in [2.45, 2.75) is 54.4 Å². The molecular weight excluding hydrogens is 707 g/mol. The van der Waals surface area contributed by atoms with Gasteiger partial charge in [0.25, 0.3) is 0 Å². The molecule has 0 heterocycles. The quantitative estimate of drug-likeness (QED) is 0.112. The van der Waals surface area contributed by atoms with Gasteiger partial charge in [0.15, 0.2) is 0 Å². The van der Waals surface area contributed by atoms with Crippen molar-refractivity contribution in [3.63, 3.8) is 0 Å². The standard InChI is InChI=1S/C58H49B/c1-36-31-38(3)57(39(4)32-36)59(58-40(5)33-37(2)34-41(58)6)54-35-53(47-23-19-45(20-24-47)43-15-11-8-12-16-43)51-28-26-48-25-27-49(50-29-30-52(54)56(51)55(48)50)46-21-17-44(18-22-46)42-13-9-7-10-14-42/h7-28,31-35H,29-30H2,1-6H3. The lowest BCUT2D eigenvalue weighted by atomic mass is 9.33. The monoisotopic (exact) mass is 756 g/mol. The van der Waals surface area contributed by atoms with Gasteiger partial charge in [0.05, 0.1) is 0 Å². The molecule has 0 nitrogen and oxygen atoms in total. The molecule has 0 saturated carbocycles. The predicted octanol–water partition coefficient (Wildman–Crippen LogP) is 13.1. The third kappa shape index (κ3) is 6.41. The van der Waals surface area contributed by atoms with E-state index in [1.54, 1.807) is 0 Å². The van der Waals surface area contributed by atoms with Crippen LogP contribution in [0.25, 0.3) is 66.1 Å². The number of aryl methyl sites for hydroxylation is 8. The van der Waals surface area contributed by atoms with Crippen molar-refractivity contribution in [2.24, 2.45) is 0 Å². The molecule has 0 radical (unpaired) electrons. The lowest BCUT2D eigenvalue weighted by molar-refractivity contribution is 0.976. The van der Waals surface area contributed by atoms with Crippen LogP contribution in [-0.2, 0) is 12.8 Å². The molecule has 0 N–H and O–H groups in total. The maximum Gasteiger partial charge on any atom is 0.242 e. The van der Waals surface area contributed by atoms with Gasteiger partial charge >= 0.3 is 0 Å². The first-order valence-corrected chi connectivity index (χ1v) is 21.2. The lowest BCUT2D eigenvalue weighted by Gasteiger charge is -2.30. The van der Waals surface area contributed by atoms with Crippen molar-refractivity contribution in [1.29, 1.82) is 0 Å². The molecule has 284 valence electrons. The van der Waals surface area contributed by atoms with Gasteiger partial charge in [-0.3, -0.25) is 0 Å². The first-order chi connectivity index (χ1) is 28.7. The van der Waals surface area contributed by atoms with E-state index in [0.29, 0.717) is 0 Å².